The first-order valence-corrected chi connectivity index (χ1v) is 10.8. The quantitative estimate of drug-likeness (QED) is 0.571. The molecule has 0 saturated carbocycles. The molecule has 0 spiro atoms. The number of nitrogens with zero attached hydrogens (tertiary/aromatic N) is 3. The molecule has 0 N–H and O–H groups in total. The van der Waals surface area contributed by atoms with Crippen molar-refractivity contribution in [3.63, 3.8) is 0 Å². The van der Waals surface area contributed by atoms with E-state index in [1.165, 1.54) is 0 Å². The maximum Gasteiger partial charge on any atom is 0.251 e. The van der Waals surface area contributed by atoms with Gasteiger partial charge in [0.1, 0.15) is 6.04 Å². The fraction of sp³-hybridized carbons (Fsp3) is 0.222. The van der Waals surface area contributed by atoms with E-state index in [0.29, 0.717) is 41.5 Å². The van der Waals surface area contributed by atoms with Crippen molar-refractivity contribution in [3.05, 3.63) is 89.0 Å². The molecule has 1 heterocycles. The normalized spacial score (nSPS) is 15.2. The minimum Gasteiger partial charge on any atom is -0.493 e. The van der Waals surface area contributed by atoms with Gasteiger partial charge in [0.05, 0.1) is 36.7 Å². The predicted octanol–water partition coefficient (Wildman–Crippen LogP) is 4.39. The first-order chi connectivity index (χ1) is 16.1. The van der Waals surface area contributed by atoms with Crippen molar-refractivity contribution in [1.29, 1.82) is 5.26 Å². The predicted molar refractivity (Wildman–Crippen MR) is 128 cm³/mol. The molecule has 1 aliphatic rings. The number of carbonyl (C=O) groups excluding carboxylic acids is 1. The first-order valence-electron chi connectivity index (χ1n) is 10.8. The third kappa shape index (κ3) is 4.31. The number of aliphatic imine (C=N–C) groups is 1. The van der Waals surface area contributed by atoms with Gasteiger partial charge in [0.25, 0.3) is 5.91 Å². The van der Waals surface area contributed by atoms with Crippen LogP contribution in [0, 0.1) is 11.3 Å². The Bertz CT molecular complexity index is 1250. The zero-order valence-corrected chi connectivity index (χ0v) is 18.9. The van der Waals surface area contributed by atoms with Crippen LogP contribution in [0.25, 0.3) is 0 Å². The van der Waals surface area contributed by atoms with Gasteiger partial charge < -0.3 is 14.4 Å². The number of methoxy groups -OCH3 is 1. The summed E-state index contributed by atoms with van der Waals surface area (Å²) in [6.07, 6.45) is 0.326. The van der Waals surface area contributed by atoms with Crippen LogP contribution < -0.4 is 14.4 Å². The Balaban J connectivity index is 1.91. The summed E-state index contributed by atoms with van der Waals surface area (Å²) in [6, 6.07) is 22.3. The third-order valence-corrected chi connectivity index (χ3v) is 5.70. The smallest absolute Gasteiger partial charge is 0.251 e. The van der Waals surface area contributed by atoms with Gasteiger partial charge in [-0.25, -0.2) is 0 Å². The molecule has 0 aliphatic carbocycles. The molecule has 3 aromatic rings. The van der Waals surface area contributed by atoms with Gasteiger partial charge in [-0.2, -0.15) is 5.26 Å². The molecule has 1 aliphatic heterocycles. The molecule has 1 amide bonds. The summed E-state index contributed by atoms with van der Waals surface area (Å²) in [6.45, 7) is 2.37. The molecular formula is C27H25N3O3. The van der Waals surface area contributed by atoms with Crippen LogP contribution in [0.4, 0.5) is 5.69 Å². The summed E-state index contributed by atoms with van der Waals surface area (Å²) in [5.74, 6) is 0.995. The number of hydrogen-bond acceptors (Lipinski definition) is 5. The highest BCUT2D eigenvalue weighted by Crippen LogP contribution is 2.38. The molecule has 0 radical (unpaired) electrons. The van der Waals surface area contributed by atoms with Crippen molar-refractivity contribution in [2.45, 2.75) is 19.4 Å². The number of amides is 1. The van der Waals surface area contributed by atoms with Gasteiger partial charge in [-0.1, -0.05) is 48.5 Å². The Morgan fingerprint density at radius 3 is 2.48 bits per heavy atom. The van der Waals surface area contributed by atoms with Crippen LogP contribution in [0.3, 0.4) is 0 Å². The number of ether oxygens (including phenoxy) is 2. The van der Waals surface area contributed by atoms with Crippen LogP contribution >= 0.6 is 0 Å². The van der Waals surface area contributed by atoms with Crippen molar-refractivity contribution in [3.8, 4) is 17.6 Å². The van der Waals surface area contributed by atoms with Gasteiger partial charge in [0, 0.05) is 30.7 Å². The van der Waals surface area contributed by atoms with Crippen molar-refractivity contribution < 1.29 is 14.3 Å². The second kappa shape index (κ2) is 9.58. The van der Waals surface area contributed by atoms with Crippen LogP contribution in [-0.4, -0.2) is 38.4 Å². The summed E-state index contributed by atoms with van der Waals surface area (Å²) in [7, 11) is 3.34. The van der Waals surface area contributed by atoms with Gasteiger partial charge in [0.2, 0.25) is 0 Å². The lowest BCUT2D eigenvalue weighted by molar-refractivity contribution is -0.119. The zero-order chi connectivity index (χ0) is 23.4. The molecule has 1 atom stereocenters. The minimum atomic E-state index is -0.686. The molecule has 0 bridgehead atoms. The number of carbonyl (C=O) groups is 1. The van der Waals surface area contributed by atoms with Crippen LogP contribution in [0.15, 0.2) is 71.7 Å². The fourth-order valence-corrected chi connectivity index (χ4v) is 4.04. The number of nitriles is 1. The maximum absolute atomic E-state index is 13.6. The van der Waals surface area contributed by atoms with Crippen molar-refractivity contribution in [2.24, 2.45) is 4.99 Å². The molecule has 1 unspecified atom stereocenters. The van der Waals surface area contributed by atoms with E-state index in [1.807, 2.05) is 67.6 Å². The lowest BCUT2D eigenvalue weighted by atomic mass is 9.99. The van der Waals surface area contributed by atoms with E-state index in [1.54, 1.807) is 25.1 Å². The highest BCUT2D eigenvalue weighted by atomic mass is 16.5. The first kappa shape index (κ1) is 22.1. The van der Waals surface area contributed by atoms with Gasteiger partial charge in [0.15, 0.2) is 11.5 Å². The third-order valence-electron chi connectivity index (χ3n) is 5.70. The van der Waals surface area contributed by atoms with Gasteiger partial charge in [-0.3, -0.25) is 9.79 Å². The average molecular weight is 440 g/mol. The number of likely N-dealkylation sites (N-methyl/N-ethyl adjacent to an activating group) is 1. The largest absolute Gasteiger partial charge is 0.493 e. The van der Waals surface area contributed by atoms with Crippen LogP contribution in [0.1, 0.15) is 29.2 Å². The Labute approximate surface area is 193 Å². The minimum absolute atomic E-state index is 0.150. The van der Waals surface area contributed by atoms with Crippen LogP contribution in [-0.2, 0) is 11.2 Å². The Morgan fingerprint density at radius 1 is 1.06 bits per heavy atom. The van der Waals surface area contributed by atoms with Crippen molar-refractivity contribution in [1.82, 2.24) is 0 Å². The molecule has 0 fully saturated rings. The van der Waals surface area contributed by atoms with E-state index >= 15 is 0 Å². The molecule has 33 heavy (non-hydrogen) atoms. The Hall–Kier alpha value is -4.11. The number of anilines is 1. The van der Waals surface area contributed by atoms with Gasteiger partial charge >= 0.3 is 0 Å². The van der Waals surface area contributed by atoms with E-state index < -0.39 is 6.04 Å². The summed E-state index contributed by atoms with van der Waals surface area (Å²) in [5, 5.41) is 9.52. The monoisotopic (exact) mass is 439 g/mol. The second-order valence-corrected chi connectivity index (χ2v) is 7.68. The Morgan fingerprint density at radius 2 is 1.79 bits per heavy atom. The van der Waals surface area contributed by atoms with E-state index in [9.17, 15) is 10.1 Å². The molecule has 6 heteroatoms. The van der Waals surface area contributed by atoms with Crippen molar-refractivity contribution >= 4 is 17.3 Å². The highest BCUT2D eigenvalue weighted by Gasteiger charge is 2.32. The topological polar surface area (TPSA) is 74.9 Å². The lowest BCUT2D eigenvalue weighted by Gasteiger charge is -2.22. The molecule has 3 aromatic carbocycles. The molecule has 166 valence electrons. The number of hydrogen-bond donors (Lipinski definition) is 0. The number of benzodiazepines with no additional fused rings is 1. The summed E-state index contributed by atoms with van der Waals surface area (Å²) >= 11 is 0. The molecule has 0 saturated heterocycles. The van der Waals surface area contributed by atoms with Crippen molar-refractivity contribution in [2.75, 3.05) is 25.7 Å². The molecule has 4 rings (SSSR count). The standard InChI is InChI=1S/C27H25N3O3/c1-4-33-25-16-23-21(15-24(25)32-3)26(18-10-6-5-7-11-18)29-22(27(31)30(23)2)14-19-12-8-9-13-20(19)17-28/h5-13,15-16,22H,4,14H2,1-3H3. The number of fused-ring (bicyclic) bond motifs is 1. The highest BCUT2D eigenvalue weighted by molar-refractivity contribution is 6.20. The summed E-state index contributed by atoms with van der Waals surface area (Å²) in [4.78, 5) is 20.2. The molecule has 0 aromatic heterocycles. The van der Waals surface area contributed by atoms with Gasteiger partial charge in [-0.15, -0.1) is 0 Å². The molecule has 6 nitrogen and oxygen atoms in total. The lowest BCUT2D eigenvalue weighted by Crippen LogP contribution is -2.36. The van der Waals surface area contributed by atoms with E-state index in [4.69, 9.17) is 14.5 Å². The number of rotatable bonds is 6. The number of benzene rings is 3. The van der Waals surface area contributed by atoms with Gasteiger partial charge in [-0.05, 0) is 24.6 Å². The maximum atomic E-state index is 13.6. The average Bonchev–Trinajstić information content (AvgIpc) is 2.95. The fourth-order valence-electron chi connectivity index (χ4n) is 4.04. The van der Waals surface area contributed by atoms with Crippen LogP contribution in [0.5, 0.6) is 11.5 Å². The SMILES string of the molecule is CCOc1cc2c(cc1OC)C(c1ccccc1)=NC(Cc1ccccc1C#N)C(=O)N2C. The Kier molecular flexibility index (Phi) is 6.41. The molecular weight excluding hydrogens is 414 g/mol. The van der Waals surface area contributed by atoms with E-state index in [2.05, 4.69) is 6.07 Å². The van der Waals surface area contributed by atoms with E-state index in [0.717, 1.165) is 16.7 Å². The summed E-state index contributed by atoms with van der Waals surface area (Å²) in [5.41, 5.74) is 4.42. The van der Waals surface area contributed by atoms with E-state index in [-0.39, 0.29) is 5.91 Å². The zero-order valence-electron chi connectivity index (χ0n) is 18.9. The second-order valence-electron chi connectivity index (χ2n) is 7.68. The van der Waals surface area contributed by atoms with Crippen LogP contribution in [0.2, 0.25) is 0 Å². The summed E-state index contributed by atoms with van der Waals surface area (Å²) < 4.78 is 11.4.